The van der Waals surface area contributed by atoms with Gasteiger partial charge in [-0.3, -0.25) is 13.9 Å². The molecule has 192 valence electrons. The maximum absolute atomic E-state index is 13.1. The van der Waals surface area contributed by atoms with Gasteiger partial charge in [-0.1, -0.05) is 34.1 Å². The van der Waals surface area contributed by atoms with Gasteiger partial charge in [0.25, 0.3) is 0 Å². The third-order valence-corrected chi connectivity index (χ3v) is 6.96. The zero-order valence-electron chi connectivity index (χ0n) is 19.5. The van der Waals surface area contributed by atoms with Gasteiger partial charge in [0.2, 0.25) is 21.8 Å². The number of hydrogen-bond acceptors (Lipinski definition) is 4. The topological polar surface area (TPSA) is 86.8 Å². The number of sulfonamides is 1. The lowest BCUT2D eigenvalue weighted by Crippen LogP contribution is -2.46. The van der Waals surface area contributed by atoms with E-state index in [1.807, 2.05) is 12.1 Å². The number of rotatable bonds is 10. The molecule has 2 rings (SSSR count). The highest BCUT2D eigenvalue weighted by molar-refractivity contribution is 9.10. The number of nitrogens with one attached hydrogen (secondary N) is 1. The van der Waals surface area contributed by atoms with Gasteiger partial charge in [0, 0.05) is 31.0 Å². The van der Waals surface area contributed by atoms with Crippen molar-refractivity contribution in [3.8, 4) is 0 Å². The molecule has 0 aromatic heterocycles. The predicted molar refractivity (Wildman–Crippen MR) is 131 cm³/mol. The lowest BCUT2D eigenvalue weighted by Gasteiger charge is -2.29. The maximum atomic E-state index is 13.1. The molecule has 35 heavy (non-hydrogen) atoms. The van der Waals surface area contributed by atoms with Crippen LogP contribution in [0.2, 0.25) is 0 Å². The molecule has 0 bridgehead atoms. The van der Waals surface area contributed by atoms with E-state index in [1.165, 1.54) is 18.0 Å². The molecular weight excluding hydrogens is 551 g/mol. The number of anilines is 1. The molecule has 7 nitrogen and oxygen atoms in total. The number of nitrogens with zero attached hydrogens (tertiary/aromatic N) is 2. The number of hydrogen-bond donors (Lipinski definition) is 1. The van der Waals surface area contributed by atoms with Gasteiger partial charge < -0.3 is 10.2 Å². The number of likely N-dealkylation sites (N-methyl/N-ethyl adjacent to an activating group) is 1. The van der Waals surface area contributed by atoms with Crippen LogP contribution in [0.1, 0.15) is 30.9 Å². The highest BCUT2D eigenvalue weighted by atomic mass is 79.9. The van der Waals surface area contributed by atoms with E-state index >= 15 is 0 Å². The lowest BCUT2D eigenvalue weighted by atomic mass is 10.1. The second kappa shape index (κ2) is 11.9. The summed E-state index contributed by atoms with van der Waals surface area (Å²) in [4.78, 5) is 26.7. The zero-order chi connectivity index (χ0) is 26.4. The first-order valence-corrected chi connectivity index (χ1v) is 13.3. The number of benzene rings is 2. The number of carbonyl (C=O) groups is 2. The molecule has 0 heterocycles. The van der Waals surface area contributed by atoms with E-state index in [4.69, 9.17) is 0 Å². The van der Waals surface area contributed by atoms with Crippen LogP contribution in [0.4, 0.5) is 18.9 Å². The van der Waals surface area contributed by atoms with Crippen molar-refractivity contribution in [3.63, 3.8) is 0 Å². The summed E-state index contributed by atoms with van der Waals surface area (Å²) < 4.78 is 65.5. The second-order valence-corrected chi connectivity index (χ2v) is 10.8. The quantitative estimate of drug-likeness (QED) is 0.459. The van der Waals surface area contributed by atoms with E-state index in [0.29, 0.717) is 0 Å². The molecule has 2 amide bonds. The van der Waals surface area contributed by atoms with Crippen molar-refractivity contribution in [2.45, 2.75) is 38.5 Å². The summed E-state index contributed by atoms with van der Waals surface area (Å²) >= 11 is 3.37. The molecule has 0 aliphatic heterocycles. The normalized spacial score (nSPS) is 12.7. The standard InChI is InChI=1S/C23H27BrF3N3O4S/c1-16(22(32)28-2)29(15-17-7-4-9-19(24)13-17)21(31)11-6-12-30(35(3,33)34)20-10-5-8-18(14-20)23(25,26)27/h4-5,7-10,13-14,16H,6,11-12,15H2,1-3H3,(H,28,32)/t16-/m1/s1. The fraction of sp³-hybridized carbons (Fsp3) is 0.391. The molecule has 0 fully saturated rings. The molecule has 0 saturated carbocycles. The minimum Gasteiger partial charge on any atom is -0.357 e. The number of carbonyl (C=O) groups excluding carboxylic acids is 2. The Bertz CT molecular complexity index is 1160. The monoisotopic (exact) mass is 577 g/mol. The first kappa shape index (κ1) is 28.6. The number of amides is 2. The highest BCUT2D eigenvalue weighted by Crippen LogP contribution is 2.32. The van der Waals surface area contributed by atoms with Crippen LogP contribution in [-0.2, 0) is 32.3 Å². The number of alkyl halides is 3. The summed E-state index contributed by atoms with van der Waals surface area (Å²) in [6.45, 7) is 1.53. The minimum absolute atomic E-state index is 0.0393. The number of halogens is 4. The fourth-order valence-electron chi connectivity index (χ4n) is 3.46. The van der Waals surface area contributed by atoms with Crippen LogP contribution in [0.3, 0.4) is 0 Å². The fourth-order valence-corrected chi connectivity index (χ4v) is 4.87. The smallest absolute Gasteiger partial charge is 0.357 e. The zero-order valence-corrected chi connectivity index (χ0v) is 21.9. The Balaban J connectivity index is 2.19. The van der Waals surface area contributed by atoms with E-state index in [2.05, 4.69) is 21.2 Å². The predicted octanol–water partition coefficient (Wildman–Crippen LogP) is 4.18. The van der Waals surface area contributed by atoms with Gasteiger partial charge in [-0.05, 0) is 49.2 Å². The molecule has 0 saturated heterocycles. The van der Waals surface area contributed by atoms with Crippen molar-refractivity contribution in [3.05, 3.63) is 64.1 Å². The molecule has 0 unspecified atom stereocenters. The summed E-state index contributed by atoms with van der Waals surface area (Å²) in [7, 11) is -2.46. The van der Waals surface area contributed by atoms with E-state index < -0.39 is 33.7 Å². The molecule has 12 heteroatoms. The van der Waals surface area contributed by atoms with Crippen molar-refractivity contribution in [2.24, 2.45) is 0 Å². The van der Waals surface area contributed by atoms with E-state index in [-0.39, 0.29) is 37.5 Å². The Morgan fingerprint density at radius 2 is 1.77 bits per heavy atom. The van der Waals surface area contributed by atoms with Crippen molar-refractivity contribution in [2.75, 3.05) is 24.2 Å². The van der Waals surface area contributed by atoms with Crippen molar-refractivity contribution in [1.82, 2.24) is 10.2 Å². The Labute approximate surface area is 211 Å². The minimum atomic E-state index is -4.63. The lowest BCUT2D eigenvalue weighted by molar-refractivity contribution is -0.140. The van der Waals surface area contributed by atoms with Crippen LogP contribution in [0.5, 0.6) is 0 Å². The largest absolute Gasteiger partial charge is 0.416 e. The molecule has 0 aliphatic carbocycles. The summed E-state index contributed by atoms with van der Waals surface area (Å²) in [5, 5.41) is 2.51. The molecule has 1 N–H and O–H groups in total. The second-order valence-electron chi connectivity index (χ2n) is 7.93. The maximum Gasteiger partial charge on any atom is 0.416 e. The van der Waals surface area contributed by atoms with Gasteiger partial charge in [-0.15, -0.1) is 0 Å². The van der Waals surface area contributed by atoms with Gasteiger partial charge in [0.15, 0.2) is 0 Å². The third-order valence-electron chi connectivity index (χ3n) is 5.27. The molecule has 1 atom stereocenters. The van der Waals surface area contributed by atoms with Crippen LogP contribution >= 0.6 is 15.9 Å². The Morgan fingerprint density at radius 3 is 2.34 bits per heavy atom. The Morgan fingerprint density at radius 1 is 1.11 bits per heavy atom. The molecular formula is C23H27BrF3N3O4S. The van der Waals surface area contributed by atoms with Crippen molar-refractivity contribution >= 4 is 43.5 Å². The van der Waals surface area contributed by atoms with E-state index in [1.54, 1.807) is 19.1 Å². The van der Waals surface area contributed by atoms with Crippen LogP contribution < -0.4 is 9.62 Å². The highest BCUT2D eigenvalue weighted by Gasteiger charge is 2.32. The van der Waals surface area contributed by atoms with Gasteiger partial charge in [0.1, 0.15) is 6.04 Å². The van der Waals surface area contributed by atoms with Gasteiger partial charge in [-0.2, -0.15) is 13.2 Å². The molecule has 2 aromatic rings. The van der Waals surface area contributed by atoms with Crippen molar-refractivity contribution in [1.29, 1.82) is 0 Å². The van der Waals surface area contributed by atoms with Gasteiger partial charge in [-0.25, -0.2) is 8.42 Å². The van der Waals surface area contributed by atoms with E-state index in [0.717, 1.165) is 38.8 Å². The average molecular weight is 578 g/mol. The third kappa shape index (κ3) is 8.24. The first-order chi connectivity index (χ1) is 16.2. The van der Waals surface area contributed by atoms with E-state index in [9.17, 15) is 31.2 Å². The molecule has 2 aromatic carbocycles. The van der Waals surface area contributed by atoms with Gasteiger partial charge >= 0.3 is 6.18 Å². The van der Waals surface area contributed by atoms with Crippen LogP contribution in [0.15, 0.2) is 53.0 Å². The average Bonchev–Trinajstić information content (AvgIpc) is 2.78. The molecule has 0 spiro atoms. The summed E-state index contributed by atoms with van der Waals surface area (Å²) in [5.74, 6) is -0.756. The summed E-state index contributed by atoms with van der Waals surface area (Å²) in [6, 6.07) is 10.5. The first-order valence-electron chi connectivity index (χ1n) is 10.6. The Kier molecular flexibility index (Phi) is 9.73. The van der Waals surface area contributed by atoms with Crippen LogP contribution in [0.25, 0.3) is 0 Å². The Hall–Kier alpha value is -2.60. The SMILES string of the molecule is CNC(=O)[C@@H](C)N(Cc1cccc(Br)c1)C(=O)CCCN(c1cccc(C(F)(F)F)c1)S(C)(=O)=O. The molecule has 0 aliphatic rings. The van der Waals surface area contributed by atoms with Crippen molar-refractivity contribution < 1.29 is 31.2 Å². The van der Waals surface area contributed by atoms with Gasteiger partial charge in [0.05, 0.1) is 17.5 Å². The van der Waals surface area contributed by atoms with Crippen LogP contribution in [0, 0.1) is 0 Å². The van der Waals surface area contributed by atoms with Crippen LogP contribution in [-0.4, -0.2) is 51.0 Å². The molecule has 0 radical (unpaired) electrons. The summed E-state index contributed by atoms with van der Waals surface area (Å²) in [6.07, 6.45) is -3.81. The summed E-state index contributed by atoms with van der Waals surface area (Å²) in [5.41, 5.74) is -0.330.